The Hall–Kier alpha value is -3.27. The van der Waals surface area contributed by atoms with Crippen LogP contribution in [0.4, 0.5) is 5.69 Å². The number of carbonyl (C=O) groups excluding carboxylic acids is 1. The number of aryl methyl sites for hydroxylation is 1. The van der Waals surface area contributed by atoms with E-state index in [0.29, 0.717) is 12.2 Å². The van der Waals surface area contributed by atoms with E-state index in [-0.39, 0.29) is 5.91 Å². The van der Waals surface area contributed by atoms with Crippen LogP contribution in [0.1, 0.15) is 34.8 Å². The zero-order chi connectivity index (χ0) is 20.3. The number of amides is 1. The van der Waals surface area contributed by atoms with E-state index < -0.39 is 5.66 Å². The maximum atomic E-state index is 12.9. The Morgan fingerprint density at radius 1 is 0.966 bits per heavy atom. The smallest absolute Gasteiger partial charge is 0.257 e. The molecule has 0 spiro atoms. The van der Waals surface area contributed by atoms with E-state index in [1.165, 1.54) is 5.56 Å². The summed E-state index contributed by atoms with van der Waals surface area (Å²) in [6.07, 6.45) is 1.95. The number of carbonyl (C=O) groups is 1. The molecule has 1 atom stereocenters. The van der Waals surface area contributed by atoms with Crippen LogP contribution in [0, 0.1) is 0 Å². The second kappa shape index (κ2) is 8.00. The number of anilines is 1. The van der Waals surface area contributed by atoms with Crippen molar-refractivity contribution in [2.24, 2.45) is 0 Å². The molecule has 0 aliphatic carbocycles. The van der Waals surface area contributed by atoms with Crippen LogP contribution in [0.5, 0.6) is 5.75 Å². The summed E-state index contributed by atoms with van der Waals surface area (Å²) in [6.45, 7) is 2.68. The van der Waals surface area contributed by atoms with Crippen LogP contribution in [0.2, 0.25) is 0 Å². The fourth-order valence-electron chi connectivity index (χ4n) is 3.77. The van der Waals surface area contributed by atoms with Crippen molar-refractivity contribution in [3.63, 3.8) is 0 Å². The second-order valence-electron chi connectivity index (χ2n) is 7.57. The van der Waals surface area contributed by atoms with Gasteiger partial charge in [0.25, 0.3) is 5.91 Å². The molecular weight excluding hydrogens is 360 g/mol. The van der Waals surface area contributed by atoms with Crippen molar-refractivity contribution in [2.45, 2.75) is 25.4 Å². The van der Waals surface area contributed by atoms with Gasteiger partial charge in [-0.2, -0.15) is 0 Å². The van der Waals surface area contributed by atoms with Gasteiger partial charge in [-0.1, -0.05) is 54.6 Å². The summed E-state index contributed by atoms with van der Waals surface area (Å²) in [7, 11) is 1.83. The Labute approximate surface area is 172 Å². The number of para-hydroxylation sites is 1. The van der Waals surface area contributed by atoms with Crippen LogP contribution >= 0.6 is 0 Å². The molecule has 1 unspecified atom stereocenters. The lowest BCUT2D eigenvalue weighted by Crippen LogP contribution is -2.53. The predicted molar refractivity (Wildman–Crippen MR) is 116 cm³/mol. The first-order valence-corrected chi connectivity index (χ1v) is 10.0. The highest BCUT2D eigenvalue weighted by molar-refractivity contribution is 6.02. The van der Waals surface area contributed by atoms with Crippen molar-refractivity contribution in [1.82, 2.24) is 4.90 Å². The fraction of sp³-hybridized carbons (Fsp3) is 0.240. The van der Waals surface area contributed by atoms with Crippen LogP contribution in [-0.4, -0.2) is 24.5 Å². The zero-order valence-electron chi connectivity index (χ0n) is 16.9. The van der Waals surface area contributed by atoms with Crippen molar-refractivity contribution in [3.8, 4) is 5.75 Å². The van der Waals surface area contributed by atoms with Crippen LogP contribution in [0.3, 0.4) is 0 Å². The first-order valence-electron chi connectivity index (χ1n) is 10.0. The summed E-state index contributed by atoms with van der Waals surface area (Å²) in [6, 6.07) is 26.1. The lowest BCUT2D eigenvalue weighted by molar-refractivity contribution is 0.0615. The van der Waals surface area contributed by atoms with E-state index >= 15 is 0 Å². The van der Waals surface area contributed by atoms with E-state index in [2.05, 4.69) is 29.6 Å². The lowest BCUT2D eigenvalue weighted by Gasteiger charge is -2.44. The molecule has 1 heterocycles. The fourth-order valence-corrected chi connectivity index (χ4v) is 3.77. The summed E-state index contributed by atoms with van der Waals surface area (Å²) in [4.78, 5) is 14.6. The number of rotatable bonds is 6. The Bertz CT molecular complexity index is 1000. The number of nitrogens with one attached hydrogen (secondary N) is 1. The van der Waals surface area contributed by atoms with Gasteiger partial charge >= 0.3 is 0 Å². The maximum Gasteiger partial charge on any atom is 0.257 e. The number of benzene rings is 3. The van der Waals surface area contributed by atoms with Crippen molar-refractivity contribution in [1.29, 1.82) is 0 Å². The first-order chi connectivity index (χ1) is 14.1. The Balaban J connectivity index is 1.47. The average molecular weight is 386 g/mol. The number of hydrogen-bond acceptors (Lipinski definition) is 3. The molecule has 1 aliphatic rings. The van der Waals surface area contributed by atoms with Gasteiger partial charge in [-0.25, -0.2) is 0 Å². The molecule has 0 aromatic heterocycles. The molecule has 0 bridgehead atoms. The monoisotopic (exact) mass is 386 g/mol. The van der Waals surface area contributed by atoms with Gasteiger partial charge in [0, 0.05) is 18.3 Å². The highest BCUT2D eigenvalue weighted by Crippen LogP contribution is 2.37. The molecule has 0 saturated heterocycles. The summed E-state index contributed by atoms with van der Waals surface area (Å²) >= 11 is 0. The van der Waals surface area contributed by atoms with Gasteiger partial charge in [0.15, 0.2) is 0 Å². The molecule has 1 amide bonds. The molecule has 0 radical (unpaired) electrons. The molecule has 1 aliphatic heterocycles. The average Bonchev–Trinajstić information content (AvgIpc) is 2.76. The number of fused-ring (bicyclic) bond motifs is 1. The standard InChI is InChI=1S/C25H26N2O2/c1-25(26-23-16-7-6-15-22(23)24(28)27(25)2)20-13-8-14-21(18-20)29-17-9-12-19-10-4-3-5-11-19/h3-8,10-11,13-16,18,26H,9,12,17H2,1-2H3. The zero-order valence-corrected chi connectivity index (χ0v) is 16.9. The molecule has 3 aromatic rings. The van der Waals surface area contributed by atoms with Gasteiger partial charge in [-0.15, -0.1) is 0 Å². The third-order valence-electron chi connectivity index (χ3n) is 5.63. The van der Waals surface area contributed by atoms with Gasteiger partial charge < -0.3 is 15.0 Å². The number of ether oxygens (including phenoxy) is 1. The van der Waals surface area contributed by atoms with Crippen molar-refractivity contribution < 1.29 is 9.53 Å². The van der Waals surface area contributed by atoms with Crippen LogP contribution < -0.4 is 10.1 Å². The van der Waals surface area contributed by atoms with E-state index in [4.69, 9.17) is 4.74 Å². The largest absolute Gasteiger partial charge is 0.494 e. The Kier molecular flexibility index (Phi) is 5.26. The molecule has 1 N–H and O–H groups in total. The Morgan fingerprint density at radius 3 is 2.55 bits per heavy atom. The summed E-state index contributed by atoms with van der Waals surface area (Å²) in [5.41, 5.74) is 3.22. The van der Waals surface area contributed by atoms with Gasteiger partial charge in [0.05, 0.1) is 12.2 Å². The van der Waals surface area contributed by atoms with Crippen molar-refractivity contribution >= 4 is 11.6 Å². The van der Waals surface area contributed by atoms with E-state index in [1.54, 1.807) is 4.90 Å². The molecule has 0 fully saturated rings. The minimum Gasteiger partial charge on any atom is -0.494 e. The van der Waals surface area contributed by atoms with E-state index in [0.717, 1.165) is 29.8 Å². The van der Waals surface area contributed by atoms with E-state index in [1.807, 2.05) is 68.6 Å². The van der Waals surface area contributed by atoms with Gasteiger partial charge in [-0.3, -0.25) is 4.79 Å². The van der Waals surface area contributed by atoms with Crippen molar-refractivity contribution in [2.75, 3.05) is 19.0 Å². The second-order valence-corrected chi connectivity index (χ2v) is 7.57. The van der Waals surface area contributed by atoms with Crippen molar-refractivity contribution in [3.05, 3.63) is 95.6 Å². The first kappa shape index (κ1) is 19.1. The Morgan fingerprint density at radius 2 is 1.72 bits per heavy atom. The summed E-state index contributed by atoms with van der Waals surface area (Å²) in [5, 5.41) is 3.54. The third kappa shape index (κ3) is 3.83. The molecule has 148 valence electrons. The quantitative estimate of drug-likeness (QED) is 0.602. The SMILES string of the molecule is CN1C(=O)c2ccccc2NC1(C)c1cccc(OCCCc2ccccc2)c1. The minimum absolute atomic E-state index is 0.0102. The normalized spacial score (nSPS) is 18.1. The minimum atomic E-state index is -0.644. The molecular formula is C25H26N2O2. The summed E-state index contributed by atoms with van der Waals surface area (Å²) in [5.74, 6) is 0.828. The molecule has 4 nitrogen and oxygen atoms in total. The van der Waals surface area contributed by atoms with Gasteiger partial charge in [0.2, 0.25) is 0 Å². The predicted octanol–water partition coefficient (Wildman–Crippen LogP) is 5.07. The number of hydrogen-bond donors (Lipinski definition) is 1. The van der Waals surface area contributed by atoms with Crippen LogP contribution in [-0.2, 0) is 12.1 Å². The lowest BCUT2D eigenvalue weighted by atomic mass is 9.94. The third-order valence-corrected chi connectivity index (χ3v) is 5.63. The van der Waals surface area contributed by atoms with E-state index in [9.17, 15) is 4.79 Å². The van der Waals surface area contributed by atoms with Crippen LogP contribution in [0.25, 0.3) is 0 Å². The number of nitrogens with zero attached hydrogens (tertiary/aromatic N) is 1. The molecule has 0 saturated carbocycles. The highest BCUT2D eigenvalue weighted by atomic mass is 16.5. The molecule has 3 aromatic carbocycles. The topological polar surface area (TPSA) is 41.6 Å². The molecule has 4 rings (SSSR count). The van der Waals surface area contributed by atoms with Crippen LogP contribution in [0.15, 0.2) is 78.9 Å². The van der Waals surface area contributed by atoms with Gasteiger partial charge in [-0.05, 0) is 49.6 Å². The summed E-state index contributed by atoms with van der Waals surface area (Å²) < 4.78 is 6.00. The van der Waals surface area contributed by atoms with Gasteiger partial charge in [0.1, 0.15) is 11.4 Å². The highest BCUT2D eigenvalue weighted by Gasteiger charge is 2.40. The maximum absolute atomic E-state index is 12.9. The molecule has 4 heteroatoms. The molecule has 29 heavy (non-hydrogen) atoms.